The third-order valence-electron chi connectivity index (χ3n) is 6.00. The summed E-state index contributed by atoms with van der Waals surface area (Å²) in [6, 6.07) is 2.14. The van der Waals surface area contributed by atoms with Crippen LogP contribution in [0.5, 0.6) is 11.5 Å². The van der Waals surface area contributed by atoms with Gasteiger partial charge in [-0.2, -0.15) is 0 Å². The Hall–Kier alpha value is -2.03. The van der Waals surface area contributed by atoms with Crippen molar-refractivity contribution in [2.45, 2.75) is 58.3 Å². The third kappa shape index (κ3) is 2.52. The molecule has 1 atom stereocenters. The molecule has 0 aliphatic heterocycles. The van der Waals surface area contributed by atoms with E-state index in [-0.39, 0.29) is 5.41 Å². The first-order chi connectivity index (χ1) is 11.9. The molecule has 0 heterocycles. The fourth-order valence-electron chi connectivity index (χ4n) is 4.63. The van der Waals surface area contributed by atoms with Crippen molar-refractivity contribution in [1.82, 2.24) is 0 Å². The Kier molecular flexibility index (Phi) is 4.52. The van der Waals surface area contributed by atoms with Gasteiger partial charge in [0.2, 0.25) is 0 Å². The standard InChI is InChI=1S/C22H28O3/c1-13(2)17-11-19(24-5)20-16(21(17)25-6)7-8-18-14(3)15(12-23)9-10-22(18,20)4/h8,11-13H,7,9-10H2,1-6H3. The van der Waals surface area contributed by atoms with Gasteiger partial charge < -0.3 is 9.47 Å². The van der Waals surface area contributed by atoms with E-state index >= 15 is 0 Å². The molecule has 2 aliphatic rings. The number of hydrogen-bond donors (Lipinski definition) is 0. The van der Waals surface area contributed by atoms with Gasteiger partial charge in [0.1, 0.15) is 17.8 Å². The van der Waals surface area contributed by atoms with Crippen LogP contribution in [0.4, 0.5) is 0 Å². The van der Waals surface area contributed by atoms with Crippen molar-refractivity contribution in [3.63, 3.8) is 0 Å². The molecule has 1 aromatic rings. The number of aldehydes is 1. The second kappa shape index (κ2) is 6.36. The van der Waals surface area contributed by atoms with Crippen LogP contribution in [0, 0.1) is 0 Å². The molecule has 134 valence electrons. The van der Waals surface area contributed by atoms with E-state index in [4.69, 9.17) is 9.47 Å². The zero-order valence-electron chi connectivity index (χ0n) is 16.2. The quantitative estimate of drug-likeness (QED) is 0.733. The molecule has 0 saturated carbocycles. The minimum Gasteiger partial charge on any atom is -0.496 e. The van der Waals surface area contributed by atoms with Crippen LogP contribution in [0.25, 0.3) is 0 Å². The Balaban J connectivity index is 2.30. The number of carbonyl (C=O) groups is 1. The summed E-state index contributed by atoms with van der Waals surface area (Å²) in [6.45, 7) is 8.71. The van der Waals surface area contributed by atoms with Crippen molar-refractivity contribution in [3.8, 4) is 11.5 Å². The Morgan fingerprint density at radius 1 is 1.24 bits per heavy atom. The molecule has 1 unspecified atom stereocenters. The molecule has 25 heavy (non-hydrogen) atoms. The first-order valence-corrected chi connectivity index (χ1v) is 9.03. The van der Waals surface area contributed by atoms with Gasteiger partial charge >= 0.3 is 0 Å². The molecule has 0 N–H and O–H groups in total. The van der Waals surface area contributed by atoms with Gasteiger partial charge in [-0.15, -0.1) is 0 Å². The molecule has 1 aromatic carbocycles. The van der Waals surface area contributed by atoms with Crippen molar-refractivity contribution in [2.24, 2.45) is 0 Å². The molecular weight excluding hydrogens is 312 g/mol. The zero-order chi connectivity index (χ0) is 18.4. The topological polar surface area (TPSA) is 35.5 Å². The Labute approximate surface area is 150 Å². The monoisotopic (exact) mass is 340 g/mol. The van der Waals surface area contributed by atoms with Crippen LogP contribution in [0.1, 0.15) is 63.1 Å². The normalized spacial score (nSPS) is 22.3. The Morgan fingerprint density at radius 3 is 2.52 bits per heavy atom. The van der Waals surface area contributed by atoms with Gasteiger partial charge in [0.05, 0.1) is 14.2 Å². The second-order valence-electron chi connectivity index (χ2n) is 7.63. The molecular formula is C22H28O3. The highest BCUT2D eigenvalue weighted by Gasteiger charge is 2.43. The minimum atomic E-state index is -0.141. The molecule has 3 rings (SSSR count). The highest BCUT2D eigenvalue weighted by atomic mass is 16.5. The van der Waals surface area contributed by atoms with E-state index in [1.165, 1.54) is 22.3 Å². The molecule has 0 saturated heterocycles. The van der Waals surface area contributed by atoms with E-state index in [2.05, 4.69) is 39.8 Å². The molecule has 3 nitrogen and oxygen atoms in total. The third-order valence-corrected chi connectivity index (χ3v) is 6.00. The number of benzene rings is 1. The largest absolute Gasteiger partial charge is 0.496 e. The molecule has 0 radical (unpaired) electrons. The van der Waals surface area contributed by atoms with Crippen LogP contribution in [-0.4, -0.2) is 20.5 Å². The van der Waals surface area contributed by atoms with Crippen molar-refractivity contribution >= 4 is 6.29 Å². The maximum Gasteiger partial charge on any atom is 0.146 e. The summed E-state index contributed by atoms with van der Waals surface area (Å²) in [5.41, 5.74) is 6.84. The van der Waals surface area contributed by atoms with Crippen LogP contribution in [0.3, 0.4) is 0 Å². The Morgan fingerprint density at radius 2 is 1.96 bits per heavy atom. The number of hydrogen-bond acceptors (Lipinski definition) is 3. The van der Waals surface area contributed by atoms with E-state index < -0.39 is 0 Å². The lowest BCUT2D eigenvalue weighted by atomic mass is 9.61. The fourth-order valence-corrected chi connectivity index (χ4v) is 4.63. The number of methoxy groups -OCH3 is 2. The van der Waals surface area contributed by atoms with Crippen LogP contribution in [0.2, 0.25) is 0 Å². The number of fused-ring (bicyclic) bond motifs is 3. The average molecular weight is 340 g/mol. The zero-order valence-corrected chi connectivity index (χ0v) is 16.2. The smallest absolute Gasteiger partial charge is 0.146 e. The molecule has 0 fully saturated rings. The van der Waals surface area contributed by atoms with Gasteiger partial charge in [-0.1, -0.05) is 26.8 Å². The van der Waals surface area contributed by atoms with E-state index in [1.807, 2.05) is 0 Å². The molecule has 2 aliphatic carbocycles. The predicted octanol–water partition coefficient (Wildman–Crippen LogP) is 4.88. The summed E-state index contributed by atoms with van der Waals surface area (Å²) in [7, 11) is 3.50. The number of ether oxygens (including phenoxy) is 2. The summed E-state index contributed by atoms with van der Waals surface area (Å²) in [4.78, 5) is 11.4. The lowest BCUT2D eigenvalue weighted by Gasteiger charge is -2.43. The molecule has 0 spiro atoms. The van der Waals surface area contributed by atoms with E-state index in [0.717, 1.165) is 48.2 Å². The van der Waals surface area contributed by atoms with Gasteiger partial charge in [0, 0.05) is 22.1 Å². The van der Waals surface area contributed by atoms with Crippen LogP contribution in [-0.2, 0) is 16.6 Å². The van der Waals surface area contributed by atoms with Gasteiger partial charge in [-0.3, -0.25) is 4.79 Å². The van der Waals surface area contributed by atoms with Crippen LogP contribution >= 0.6 is 0 Å². The SMILES string of the molecule is COc1cc(C(C)C)c(OC)c2c1C1(C)CCC(C=O)=C(C)C1=CC2. The Bertz CT molecular complexity index is 783. The van der Waals surface area contributed by atoms with Crippen LogP contribution < -0.4 is 9.47 Å². The molecule has 0 aromatic heterocycles. The highest BCUT2D eigenvalue weighted by molar-refractivity contribution is 5.79. The van der Waals surface area contributed by atoms with Gasteiger partial charge in [0.15, 0.2) is 0 Å². The van der Waals surface area contributed by atoms with E-state index in [1.54, 1.807) is 14.2 Å². The maximum atomic E-state index is 11.4. The second-order valence-corrected chi connectivity index (χ2v) is 7.63. The van der Waals surface area contributed by atoms with Crippen LogP contribution in [0.15, 0.2) is 28.9 Å². The molecule has 0 bridgehead atoms. The molecule has 3 heteroatoms. The lowest BCUT2D eigenvalue weighted by molar-refractivity contribution is -0.105. The highest BCUT2D eigenvalue weighted by Crippen LogP contribution is 2.54. The van der Waals surface area contributed by atoms with E-state index in [9.17, 15) is 4.79 Å². The maximum absolute atomic E-state index is 11.4. The molecule has 0 amide bonds. The minimum absolute atomic E-state index is 0.141. The van der Waals surface area contributed by atoms with Gasteiger partial charge in [-0.05, 0) is 54.9 Å². The lowest BCUT2D eigenvalue weighted by Crippen LogP contribution is -2.34. The van der Waals surface area contributed by atoms with Crippen molar-refractivity contribution in [3.05, 3.63) is 45.6 Å². The number of allylic oxidation sites excluding steroid dienone is 4. The summed E-state index contributed by atoms with van der Waals surface area (Å²) < 4.78 is 11.7. The predicted molar refractivity (Wildman–Crippen MR) is 101 cm³/mol. The van der Waals surface area contributed by atoms with E-state index in [0.29, 0.717) is 5.92 Å². The summed E-state index contributed by atoms with van der Waals surface area (Å²) in [6.07, 6.45) is 5.83. The number of rotatable bonds is 4. The van der Waals surface area contributed by atoms with Gasteiger partial charge in [-0.25, -0.2) is 0 Å². The first kappa shape index (κ1) is 17.8. The van der Waals surface area contributed by atoms with Crippen molar-refractivity contribution in [1.29, 1.82) is 0 Å². The van der Waals surface area contributed by atoms with Crippen molar-refractivity contribution < 1.29 is 14.3 Å². The van der Waals surface area contributed by atoms with Gasteiger partial charge in [0.25, 0.3) is 0 Å². The summed E-state index contributed by atoms with van der Waals surface area (Å²) in [5, 5.41) is 0. The summed E-state index contributed by atoms with van der Waals surface area (Å²) in [5.74, 6) is 2.29. The van der Waals surface area contributed by atoms with Crippen molar-refractivity contribution in [2.75, 3.05) is 14.2 Å². The number of carbonyl (C=O) groups excluding carboxylic acids is 1. The fraction of sp³-hybridized carbons (Fsp3) is 0.500. The average Bonchev–Trinajstić information content (AvgIpc) is 2.60. The summed E-state index contributed by atoms with van der Waals surface area (Å²) >= 11 is 0. The first-order valence-electron chi connectivity index (χ1n) is 9.03.